The SMILES string of the molecule is COc1ccc(NC(=O)c2ccccc2-c2ccc(C(F)(F)F)cc2)cc1OC. The van der Waals surface area contributed by atoms with Gasteiger partial charge in [-0.05, 0) is 41.5 Å². The summed E-state index contributed by atoms with van der Waals surface area (Å²) in [7, 11) is 3.00. The van der Waals surface area contributed by atoms with Crippen LogP contribution in [0.4, 0.5) is 18.9 Å². The van der Waals surface area contributed by atoms with E-state index in [0.717, 1.165) is 12.1 Å². The van der Waals surface area contributed by atoms with Crippen molar-refractivity contribution >= 4 is 11.6 Å². The minimum atomic E-state index is -4.41. The van der Waals surface area contributed by atoms with E-state index in [-0.39, 0.29) is 0 Å². The van der Waals surface area contributed by atoms with Crippen molar-refractivity contribution in [2.24, 2.45) is 0 Å². The van der Waals surface area contributed by atoms with Gasteiger partial charge >= 0.3 is 6.18 Å². The third-order valence-electron chi connectivity index (χ3n) is 4.34. The largest absolute Gasteiger partial charge is 0.493 e. The smallest absolute Gasteiger partial charge is 0.416 e. The lowest BCUT2D eigenvalue weighted by Crippen LogP contribution is -2.13. The summed E-state index contributed by atoms with van der Waals surface area (Å²) in [5, 5.41) is 2.78. The van der Waals surface area contributed by atoms with Gasteiger partial charge in [0.2, 0.25) is 0 Å². The Hall–Kier alpha value is -3.48. The third kappa shape index (κ3) is 4.51. The molecule has 1 amide bonds. The predicted molar refractivity (Wildman–Crippen MR) is 104 cm³/mol. The van der Waals surface area contributed by atoms with Crippen molar-refractivity contribution in [3.8, 4) is 22.6 Å². The van der Waals surface area contributed by atoms with E-state index in [9.17, 15) is 18.0 Å². The molecule has 0 heterocycles. The molecule has 3 rings (SSSR count). The van der Waals surface area contributed by atoms with E-state index in [1.54, 1.807) is 42.5 Å². The van der Waals surface area contributed by atoms with Crippen LogP contribution in [-0.2, 0) is 6.18 Å². The number of ether oxygens (including phenoxy) is 2. The Bertz CT molecular complexity index is 1010. The van der Waals surface area contributed by atoms with E-state index in [4.69, 9.17) is 9.47 Å². The number of rotatable bonds is 5. The summed E-state index contributed by atoms with van der Waals surface area (Å²) < 4.78 is 48.8. The van der Waals surface area contributed by atoms with E-state index in [2.05, 4.69) is 5.32 Å². The second-order valence-electron chi connectivity index (χ2n) is 6.14. The van der Waals surface area contributed by atoms with Crippen LogP contribution in [0.1, 0.15) is 15.9 Å². The van der Waals surface area contributed by atoms with Gasteiger partial charge in [0.1, 0.15) is 0 Å². The molecular formula is C22H18F3NO3. The zero-order chi connectivity index (χ0) is 21.0. The number of methoxy groups -OCH3 is 2. The lowest BCUT2D eigenvalue weighted by atomic mass is 9.98. The Morgan fingerprint density at radius 1 is 0.862 bits per heavy atom. The molecule has 0 aliphatic carbocycles. The molecule has 0 aromatic heterocycles. The summed E-state index contributed by atoms with van der Waals surface area (Å²) in [6.45, 7) is 0. The predicted octanol–water partition coefficient (Wildman–Crippen LogP) is 5.64. The second kappa shape index (κ2) is 8.26. The van der Waals surface area contributed by atoms with Crippen LogP contribution < -0.4 is 14.8 Å². The van der Waals surface area contributed by atoms with Crippen molar-refractivity contribution in [3.63, 3.8) is 0 Å². The molecule has 29 heavy (non-hydrogen) atoms. The number of hydrogen-bond acceptors (Lipinski definition) is 3. The number of hydrogen-bond donors (Lipinski definition) is 1. The van der Waals surface area contributed by atoms with Crippen LogP contribution in [0.3, 0.4) is 0 Å². The molecule has 0 radical (unpaired) electrons. The molecule has 0 fully saturated rings. The van der Waals surface area contributed by atoms with Gasteiger partial charge in [-0.3, -0.25) is 4.79 Å². The van der Waals surface area contributed by atoms with Crippen molar-refractivity contribution in [3.05, 3.63) is 77.9 Å². The molecule has 3 aromatic rings. The number of nitrogens with one attached hydrogen (secondary N) is 1. The first kappa shape index (κ1) is 20.3. The molecule has 0 aliphatic rings. The number of carbonyl (C=O) groups is 1. The maximum atomic E-state index is 12.8. The van der Waals surface area contributed by atoms with Crippen LogP contribution in [0, 0.1) is 0 Å². The average molecular weight is 401 g/mol. The fourth-order valence-corrected chi connectivity index (χ4v) is 2.88. The highest BCUT2D eigenvalue weighted by molar-refractivity contribution is 6.08. The van der Waals surface area contributed by atoms with Gasteiger partial charge in [0.05, 0.1) is 19.8 Å². The standard InChI is InChI=1S/C22H18F3NO3/c1-28-19-12-11-16(13-20(19)29-2)26-21(27)18-6-4-3-5-17(18)14-7-9-15(10-8-14)22(23,24)25/h3-13H,1-2H3,(H,26,27). The van der Waals surface area contributed by atoms with Gasteiger partial charge < -0.3 is 14.8 Å². The quantitative estimate of drug-likeness (QED) is 0.602. The summed E-state index contributed by atoms with van der Waals surface area (Å²) in [5.74, 6) is 0.588. The summed E-state index contributed by atoms with van der Waals surface area (Å²) in [6, 6.07) is 16.4. The maximum absolute atomic E-state index is 12.8. The summed E-state index contributed by atoms with van der Waals surface area (Å²) >= 11 is 0. The van der Waals surface area contributed by atoms with E-state index in [1.807, 2.05) is 0 Å². The van der Waals surface area contributed by atoms with Gasteiger partial charge in [0.25, 0.3) is 5.91 Å². The van der Waals surface area contributed by atoms with E-state index in [1.165, 1.54) is 26.4 Å². The zero-order valence-corrected chi connectivity index (χ0v) is 15.7. The van der Waals surface area contributed by atoms with Gasteiger partial charge in [-0.25, -0.2) is 0 Å². The van der Waals surface area contributed by atoms with Crippen LogP contribution in [0.2, 0.25) is 0 Å². The van der Waals surface area contributed by atoms with Crippen molar-refractivity contribution in [1.82, 2.24) is 0 Å². The molecule has 1 N–H and O–H groups in total. The highest BCUT2D eigenvalue weighted by Crippen LogP contribution is 2.33. The molecule has 0 atom stereocenters. The van der Waals surface area contributed by atoms with Gasteiger partial charge in [0, 0.05) is 17.3 Å². The van der Waals surface area contributed by atoms with E-state index >= 15 is 0 Å². The molecule has 4 nitrogen and oxygen atoms in total. The molecule has 0 bridgehead atoms. The first-order valence-electron chi connectivity index (χ1n) is 8.63. The van der Waals surface area contributed by atoms with Crippen LogP contribution >= 0.6 is 0 Å². The van der Waals surface area contributed by atoms with Gasteiger partial charge in [-0.15, -0.1) is 0 Å². The van der Waals surface area contributed by atoms with Crippen LogP contribution in [0.25, 0.3) is 11.1 Å². The number of carbonyl (C=O) groups excluding carboxylic acids is 1. The van der Waals surface area contributed by atoms with E-state index < -0.39 is 17.6 Å². The lowest BCUT2D eigenvalue weighted by Gasteiger charge is -2.13. The number of halogens is 3. The molecule has 0 saturated heterocycles. The molecule has 3 aromatic carbocycles. The maximum Gasteiger partial charge on any atom is 0.416 e. The lowest BCUT2D eigenvalue weighted by molar-refractivity contribution is -0.137. The first-order valence-corrected chi connectivity index (χ1v) is 8.63. The summed E-state index contributed by atoms with van der Waals surface area (Å²) in [6.07, 6.45) is -4.41. The number of benzene rings is 3. The Morgan fingerprint density at radius 2 is 1.52 bits per heavy atom. The minimum absolute atomic E-state index is 0.335. The summed E-state index contributed by atoms with van der Waals surface area (Å²) in [5.41, 5.74) is 1.13. The fourth-order valence-electron chi connectivity index (χ4n) is 2.88. The number of alkyl halides is 3. The Morgan fingerprint density at radius 3 is 2.14 bits per heavy atom. The fraction of sp³-hybridized carbons (Fsp3) is 0.136. The monoisotopic (exact) mass is 401 g/mol. The summed E-state index contributed by atoms with van der Waals surface area (Å²) in [4.78, 5) is 12.8. The van der Waals surface area contributed by atoms with Crippen molar-refractivity contribution < 1.29 is 27.4 Å². The Balaban J connectivity index is 1.90. The number of anilines is 1. The molecule has 0 aliphatic heterocycles. The Kier molecular flexibility index (Phi) is 5.77. The highest BCUT2D eigenvalue weighted by atomic mass is 19.4. The molecular weight excluding hydrogens is 383 g/mol. The van der Waals surface area contributed by atoms with Gasteiger partial charge in [-0.1, -0.05) is 30.3 Å². The number of amides is 1. The minimum Gasteiger partial charge on any atom is -0.493 e. The first-order chi connectivity index (χ1) is 13.8. The van der Waals surface area contributed by atoms with Gasteiger partial charge in [-0.2, -0.15) is 13.2 Å². The zero-order valence-electron chi connectivity index (χ0n) is 15.7. The highest BCUT2D eigenvalue weighted by Gasteiger charge is 2.30. The van der Waals surface area contributed by atoms with Crippen LogP contribution in [0.15, 0.2) is 66.7 Å². The second-order valence-corrected chi connectivity index (χ2v) is 6.14. The average Bonchev–Trinajstić information content (AvgIpc) is 2.73. The molecule has 0 spiro atoms. The van der Waals surface area contributed by atoms with Crippen molar-refractivity contribution in [2.75, 3.05) is 19.5 Å². The molecule has 150 valence electrons. The van der Waals surface area contributed by atoms with Crippen molar-refractivity contribution in [2.45, 2.75) is 6.18 Å². The van der Waals surface area contributed by atoms with Crippen LogP contribution in [0.5, 0.6) is 11.5 Å². The normalized spacial score (nSPS) is 11.1. The molecule has 7 heteroatoms. The van der Waals surface area contributed by atoms with E-state index in [0.29, 0.717) is 33.9 Å². The molecule has 0 unspecified atom stereocenters. The Labute approximate surface area is 165 Å². The van der Waals surface area contributed by atoms with Gasteiger partial charge in [0.15, 0.2) is 11.5 Å². The molecule has 0 saturated carbocycles. The van der Waals surface area contributed by atoms with Crippen molar-refractivity contribution in [1.29, 1.82) is 0 Å². The third-order valence-corrected chi connectivity index (χ3v) is 4.34. The topological polar surface area (TPSA) is 47.6 Å². The van der Waals surface area contributed by atoms with Crippen LogP contribution in [-0.4, -0.2) is 20.1 Å².